The second-order valence-corrected chi connectivity index (χ2v) is 11.5. The molecule has 1 heterocycles. The maximum atomic E-state index is 13.8. The van der Waals surface area contributed by atoms with E-state index in [9.17, 15) is 14.4 Å². The number of barbiturate groups is 1. The number of para-hydroxylation sites is 2. The molecule has 1 fully saturated rings. The average Bonchev–Trinajstić information content (AvgIpc) is 3.14. The molecule has 0 aliphatic carbocycles. The van der Waals surface area contributed by atoms with Crippen LogP contribution in [0.5, 0.6) is 23.0 Å². The number of carbonyl (C=O) groups excluding carboxylic acids is 3. The summed E-state index contributed by atoms with van der Waals surface area (Å²) in [4.78, 5) is 43.2. The van der Waals surface area contributed by atoms with E-state index < -0.39 is 17.8 Å². The predicted octanol–water partition coefficient (Wildman–Crippen LogP) is 8.49. The number of halogens is 1. The van der Waals surface area contributed by atoms with E-state index in [4.69, 9.17) is 30.5 Å². The molecule has 9 nitrogen and oxygen atoms in total. The lowest BCUT2D eigenvalue weighted by Crippen LogP contribution is -2.57. The van der Waals surface area contributed by atoms with Gasteiger partial charge in [-0.15, -0.1) is 0 Å². The maximum absolute atomic E-state index is 13.8. The molecule has 1 aliphatic rings. The summed E-state index contributed by atoms with van der Waals surface area (Å²) in [7, 11) is 1.57. The molecule has 0 N–H and O–H groups in total. The zero-order chi connectivity index (χ0) is 35.0. The lowest BCUT2D eigenvalue weighted by atomic mass is 10.0. The first-order valence-corrected chi connectivity index (χ1v) is 16.2. The summed E-state index contributed by atoms with van der Waals surface area (Å²) >= 11 is 6.76. The number of methoxy groups -OCH3 is 1. The number of ether oxygens (including phenoxy) is 4. The Morgan fingerprint density at radius 2 is 1.20 bits per heavy atom. The summed E-state index contributed by atoms with van der Waals surface area (Å²) in [6, 6.07) is 34.7. The fourth-order valence-corrected chi connectivity index (χ4v) is 5.67. The number of urea groups is 1. The number of hydrogen-bond acceptors (Lipinski definition) is 7. The summed E-state index contributed by atoms with van der Waals surface area (Å²) in [5.74, 6) is 0.210. The van der Waals surface area contributed by atoms with Crippen molar-refractivity contribution in [3.8, 4) is 23.0 Å². The SMILES string of the molecule is CCOc1cc(C=C2C(=O)N(c3ccccc3)C(=O)N(c3ccccc3)C2=O)cc(Cl)c1OCc1ccc(OCc2ccccc2)c(OC)c1. The molecule has 252 valence electrons. The van der Waals surface area contributed by atoms with Gasteiger partial charge < -0.3 is 18.9 Å². The topological polar surface area (TPSA) is 94.6 Å². The number of rotatable bonds is 12. The van der Waals surface area contributed by atoms with Gasteiger partial charge in [-0.3, -0.25) is 9.59 Å². The number of hydrogen-bond donors (Lipinski definition) is 0. The van der Waals surface area contributed by atoms with E-state index in [1.165, 1.54) is 6.08 Å². The fraction of sp³-hybridized carbons (Fsp3) is 0.125. The number of benzene rings is 5. The van der Waals surface area contributed by atoms with Gasteiger partial charge in [0.05, 0.1) is 30.1 Å². The lowest BCUT2D eigenvalue weighted by molar-refractivity contribution is -0.121. The highest BCUT2D eigenvalue weighted by Gasteiger charge is 2.43. The molecule has 0 saturated carbocycles. The van der Waals surface area contributed by atoms with Crippen LogP contribution in [-0.2, 0) is 22.8 Å². The summed E-state index contributed by atoms with van der Waals surface area (Å²) < 4.78 is 23.6. The van der Waals surface area contributed by atoms with Crippen LogP contribution in [0.25, 0.3) is 6.08 Å². The molecule has 50 heavy (non-hydrogen) atoms. The minimum atomic E-state index is -0.779. The Labute approximate surface area is 294 Å². The van der Waals surface area contributed by atoms with Crippen LogP contribution in [0.2, 0.25) is 5.02 Å². The molecule has 0 aromatic heterocycles. The predicted molar refractivity (Wildman–Crippen MR) is 192 cm³/mol. The van der Waals surface area contributed by atoms with Crippen molar-refractivity contribution < 1.29 is 33.3 Å². The van der Waals surface area contributed by atoms with E-state index in [0.717, 1.165) is 20.9 Å². The fourth-order valence-electron chi connectivity index (χ4n) is 5.39. The standard InChI is InChI=1S/C40H33ClN2O7/c1-3-48-36-24-29(21-32-38(44)42(30-15-9-5-10-16-30)40(46)43(39(32)45)31-17-11-6-12-18-31)22-33(41)37(36)50-26-28-19-20-34(35(23-28)47-2)49-25-27-13-7-4-8-14-27/h4-24H,3,25-26H2,1-2H3. The first-order chi connectivity index (χ1) is 24.4. The zero-order valence-electron chi connectivity index (χ0n) is 27.4. The third-order valence-corrected chi connectivity index (χ3v) is 8.05. The Hall–Kier alpha value is -6.06. The summed E-state index contributed by atoms with van der Waals surface area (Å²) in [6.45, 7) is 2.64. The van der Waals surface area contributed by atoms with Crippen molar-refractivity contribution >= 4 is 46.9 Å². The minimum Gasteiger partial charge on any atom is -0.493 e. The van der Waals surface area contributed by atoms with Gasteiger partial charge in [-0.1, -0.05) is 84.4 Å². The van der Waals surface area contributed by atoms with Crippen molar-refractivity contribution in [1.29, 1.82) is 0 Å². The Balaban J connectivity index is 1.28. The van der Waals surface area contributed by atoms with E-state index in [1.54, 1.807) is 79.9 Å². The number of anilines is 2. The third kappa shape index (κ3) is 7.33. The van der Waals surface area contributed by atoms with Crippen molar-refractivity contribution in [2.75, 3.05) is 23.5 Å². The second-order valence-electron chi connectivity index (χ2n) is 11.1. The van der Waals surface area contributed by atoms with Crippen LogP contribution in [0, 0.1) is 0 Å². The summed E-state index contributed by atoms with van der Waals surface area (Å²) in [5.41, 5.74) is 2.65. The second kappa shape index (κ2) is 15.4. The van der Waals surface area contributed by atoms with Gasteiger partial charge in [0.15, 0.2) is 23.0 Å². The van der Waals surface area contributed by atoms with E-state index in [2.05, 4.69) is 0 Å². The summed E-state index contributed by atoms with van der Waals surface area (Å²) in [6.07, 6.45) is 1.40. The molecule has 5 aromatic carbocycles. The molecule has 0 spiro atoms. The highest BCUT2D eigenvalue weighted by atomic mass is 35.5. The van der Waals surface area contributed by atoms with Crippen molar-refractivity contribution in [1.82, 2.24) is 0 Å². The van der Waals surface area contributed by atoms with E-state index in [1.807, 2.05) is 55.5 Å². The van der Waals surface area contributed by atoms with Gasteiger partial charge >= 0.3 is 6.03 Å². The van der Waals surface area contributed by atoms with Gasteiger partial charge in [0.25, 0.3) is 11.8 Å². The summed E-state index contributed by atoms with van der Waals surface area (Å²) in [5, 5.41) is 0.198. The number of imide groups is 2. The third-order valence-electron chi connectivity index (χ3n) is 7.77. The Bertz CT molecular complexity index is 1970. The zero-order valence-corrected chi connectivity index (χ0v) is 28.1. The molecule has 6 rings (SSSR count). The van der Waals surface area contributed by atoms with Gasteiger partial charge in [-0.2, -0.15) is 0 Å². The first-order valence-electron chi connectivity index (χ1n) is 15.9. The number of amides is 4. The molecular weight excluding hydrogens is 656 g/mol. The van der Waals surface area contributed by atoms with Crippen LogP contribution in [0.15, 0.2) is 127 Å². The molecule has 0 unspecified atom stereocenters. The molecular formula is C40H33ClN2O7. The highest BCUT2D eigenvalue weighted by Crippen LogP contribution is 2.39. The Morgan fingerprint density at radius 3 is 1.78 bits per heavy atom. The molecule has 4 amide bonds. The average molecular weight is 689 g/mol. The van der Waals surface area contributed by atoms with Crippen LogP contribution >= 0.6 is 11.6 Å². The van der Waals surface area contributed by atoms with Gasteiger partial charge in [0, 0.05) is 0 Å². The van der Waals surface area contributed by atoms with Gasteiger partial charge in [-0.25, -0.2) is 14.6 Å². The lowest BCUT2D eigenvalue weighted by Gasteiger charge is -2.34. The Kier molecular flexibility index (Phi) is 10.4. The highest BCUT2D eigenvalue weighted by molar-refractivity contribution is 6.46. The number of carbonyl (C=O) groups is 3. The van der Waals surface area contributed by atoms with Gasteiger partial charge in [0.1, 0.15) is 18.8 Å². The molecule has 10 heteroatoms. The molecule has 1 aliphatic heterocycles. The molecule has 0 radical (unpaired) electrons. The van der Waals surface area contributed by atoms with Crippen LogP contribution in [0.4, 0.5) is 16.2 Å². The van der Waals surface area contributed by atoms with Gasteiger partial charge in [0.2, 0.25) is 0 Å². The van der Waals surface area contributed by atoms with E-state index >= 15 is 0 Å². The maximum Gasteiger partial charge on any atom is 0.343 e. The largest absolute Gasteiger partial charge is 0.493 e. The van der Waals surface area contributed by atoms with Crippen molar-refractivity contribution in [2.24, 2.45) is 0 Å². The first kappa shape index (κ1) is 33.8. The minimum absolute atomic E-state index is 0.132. The Morgan fingerprint density at radius 1 is 0.620 bits per heavy atom. The van der Waals surface area contributed by atoms with Crippen LogP contribution in [-0.4, -0.2) is 31.6 Å². The van der Waals surface area contributed by atoms with Crippen molar-refractivity contribution in [3.63, 3.8) is 0 Å². The smallest absolute Gasteiger partial charge is 0.343 e. The van der Waals surface area contributed by atoms with E-state index in [-0.39, 0.29) is 23.0 Å². The van der Waals surface area contributed by atoms with Crippen LogP contribution < -0.4 is 28.7 Å². The van der Waals surface area contributed by atoms with Crippen LogP contribution in [0.1, 0.15) is 23.6 Å². The quantitative estimate of drug-likeness (QED) is 0.0958. The molecule has 1 saturated heterocycles. The molecule has 0 bridgehead atoms. The van der Waals surface area contributed by atoms with Crippen LogP contribution in [0.3, 0.4) is 0 Å². The number of nitrogens with zero attached hydrogens (tertiary/aromatic N) is 2. The monoisotopic (exact) mass is 688 g/mol. The van der Waals surface area contributed by atoms with E-state index in [0.29, 0.717) is 47.4 Å². The molecule has 0 atom stereocenters. The molecule has 5 aromatic rings. The normalized spacial score (nSPS) is 12.9. The van der Waals surface area contributed by atoms with Crippen molar-refractivity contribution in [2.45, 2.75) is 20.1 Å². The van der Waals surface area contributed by atoms with Gasteiger partial charge in [-0.05, 0) is 78.2 Å². The van der Waals surface area contributed by atoms with Crippen molar-refractivity contribution in [3.05, 3.63) is 149 Å².